The second-order valence-electron chi connectivity index (χ2n) is 6.59. The molecular formula is C15H25N3O2. The molecule has 20 heavy (non-hydrogen) atoms. The summed E-state index contributed by atoms with van der Waals surface area (Å²) in [5, 5.41) is 3.50. The fourth-order valence-electron chi connectivity index (χ4n) is 4.48. The molecule has 0 amide bonds. The van der Waals surface area contributed by atoms with Gasteiger partial charge in [0.05, 0.1) is 18.3 Å². The highest BCUT2D eigenvalue weighted by atomic mass is 16.5. The number of aliphatic imine (C=N–C) groups is 1. The normalized spacial score (nSPS) is 43.4. The Labute approximate surface area is 120 Å². The standard InChI is InChI=1S/C15H25N3O2/c1-16-15(17-7-10-3-2-6-19-10)18-8-11-12(9-18)14-5-4-13(11)20-14/h10-14H,2-9H2,1H3,(H,16,17). The molecule has 4 aliphatic rings. The van der Waals surface area contributed by atoms with E-state index in [0.717, 1.165) is 44.0 Å². The minimum Gasteiger partial charge on any atom is -0.376 e. The van der Waals surface area contributed by atoms with Gasteiger partial charge in [-0.1, -0.05) is 0 Å². The third kappa shape index (κ3) is 2.11. The predicted molar refractivity (Wildman–Crippen MR) is 76.8 cm³/mol. The summed E-state index contributed by atoms with van der Waals surface area (Å²) in [6.45, 7) is 4.02. The Hall–Kier alpha value is -0.810. The second kappa shape index (κ2) is 5.19. The number of rotatable bonds is 2. The molecule has 5 unspecified atom stereocenters. The first-order valence-corrected chi connectivity index (χ1v) is 8.08. The molecule has 0 aliphatic carbocycles. The topological polar surface area (TPSA) is 46.1 Å². The van der Waals surface area contributed by atoms with Gasteiger partial charge < -0.3 is 19.7 Å². The van der Waals surface area contributed by atoms with Crippen molar-refractivity contribution in [3.63, 3.8) is 0 Å². The lowest BCUT2D eigenvalue weighted by Gasteiger charge is -2.24. The number of hydrogen-bond acceptors (Lipinski definition) is 3. The van der Waals surface area contributed by atoms with Crippen molar-refractivity contribution in [1.29, 1.82) is 0 Å². The van der Waals surface area contributed by atoms with Crippen LogP contribution in [0.1, 0.15) is 25.7 Å². The zero-order valence-electron chi connectivity index (χ0n) is 12.3. The number of likely N-dealkylation sites (tertiary alicyclic amines) is 1. The van der Waals surface area contributed by atoms with Gasteiger partial charge in [0.2, 0.25) is 0 Å². The van der Waals surface area contributed by atoms with Crippen molar-refractivity contribution in [2.45, 2.75) is 44.0 Å². The van der Waals surface area contributed by atoms with E-state index >= 15 is 0 Å². The van der Waals surface area contributed by atoms with Crippen LogP contribution in [-0.4, -0.2) is 62.5 Å². The SMILES string of the molecule is CN=C(NCC1CCCO1)N1CC2C3CCC(O3)C2C1. The Morgan fingerprint density at radius 3 is 2.55 bits per heavy atom. The third-order valence-electron chi connectivity index (χ3n) is 5.48. The van der Waals surface area contributed by atoms with E-state index in [4.69, 9.17) is 9.47 Å². The Kier molecular flexibility index (Phi) is 3.34. The second-order valence-corrected chi connectivity index (χ2v) is 6.59. The zero-order valence-corrected chi connectivity index (χ0v) is 12.3. The number of nitrogens with one attached hydrogen (secondary N) is 1. The fraction of sp³-hybridized carbons (Fsp3) is 0.933. The highest BCUT2D eigenvalue weighted by Crippen LogP contribution is 2.47. The summed E-state index contributed by atoms with van der Waals surface area (Å²) in [6.07, 6.45) is 6.31. The Bertz CT molecular complexity index is 377. The van der Waals surface area contributed by atoms with Gasteiger partial charge in [-0.25, -0.2) is 0 Å². The lowest BCUT2D eigenvalue weighted by Crippen LogP contribution is -2.44. The first-order chi connectivity index (χ1) is 9.85. The molecular weight excluding hydrogens is 254 g/mol. The lowest BCUT2D eigenvalue weighted by atomic mass is 9.82. The van der Waals surface area contributed by atoms with Crippen molar-refractivity contribution < 1.29 is 9.47 Å². The van der Waals surface area contributed by atoms with E-state index in [-0.39, 0.29) is 0 Å². The monoisotopic (exact) mass is 279 g/mol. The summed E-state index contributed by atoms with van der Waals surface area (Å²) in [5.41, 5.74) is 0. The molecule has 0 spiro atoms. The number of hydrogen-bond donors (Lipinski definition) is 1. The summed E-state index contributed by atoms with van der Waals surface area (Å²) >= 11 is 0. The van der Waals surface area contributed by atoms with Gasteiger partial charge in [-0.05, 0) is 25.7 Å². The molecule has 0 aromatic heterocycles. The van der Waals surface area contributed by atoms with Gasteiger partial charge in [-0.3, -0.25) is 4.99 Å². The van der Waals surface area contributed by atoms with Crippen molar-refractivity contribution >= 4 is 5.96 Å². The van der Waals surface area contributed by atoms with Crippen LogP contribution in [0.4, 0.5) is 0 Å². The molecule has 0 radical (unpaired) electrons. The Morgan fingerprint density at radius 2 is 1.95 bits per heavy atom. The van der Waals surface area contributed by atoms with Crippen LogP contribution in [0.5, 0.6) is 0 Å². The van der Waals surface area contributed by atoms with Crippen LogP contribution in [0.25, 0.3) is 0 Å². The molecule has 112 valence electrons. The van der Waals surface area contributed by atoms with Gasteiger partial charge in [-0.2, -0.15) is 0 Å². The summed E-state index contributed by atoms with van der Waals surface area (Å²) in [7, 11) is 1.89. The Morgan fingerprint density at radius 1 is 1.20 bits per heavy atom. The van der Waals surface area contributed by atoms with E-state index in [1.807, 2.05) is 7.05 Å². The van der Waals surface area contributed by atoms with E-state index < -0.39 is 0 Å². The molecule has 4 fully saturated rings. The van der Waals surface area contributed by atoms with Crippen molar-refractivity contribution in [2.24, 2.45) is 16.8 Å². The molecule has 5 heteroatoms. The minimum atomic E-state index is 0.369. The van der Waals surface area contributed by atoms with Crippen LogP contribution in [-0.2, 0) is 9.47 Å². The van der Waals surface area contributed by atoms with E-state index in [0.29, 0.717) is 18.3 Å². The maximum absolute atomic E-state index is 6.04. The molecule has 4 heterocycles. The maximum Gasteiger partial charge on any atom is 0.193 e. The fourth-order valence-corrected chi connectivity index (χ4v) is 4.48. The van der Waals surface area contributed by atoms with Gasteiger partial charge in [0.15, 0.2) is 5.96 Å². The third-order valence-corrected chi connectivity index (χ3v) is 5.48. The van der Waals surface area contributed by atoms with Crippen LogP contribution < -0.4 is 5.32 Å². The maximum atomic E-state index is 6.04. The Balaban J connectivity index is 1.35. The largest absolute Gasteiger partial charge is 0.376 e. The van der Waals surface area contributed by atoms with E-state index in [2.05, 4.69) is 15.2 Å². The van der Waals surface area contributed by atoms with E-state index in [1.54, 1.807) is 0 Å². The minimum absolute atomic E-state index is 0.369. The van der Waals surface area contributed by atoms with Gasteiger partial charge in [0, 0.05) is 45.1 Å². The summed E-state index contributed by atoms with van der Waals surface area (Å²) in [5.74, 6) is 2.51. The molecule has 0 aromatic rings. The zero-order chi connectivity index (χ0) is 13.5. The van der Waals surface area contributed by atoms with Crippen LogP contribution in [0.15, 0.2) is 4.99 Å². The number of ether oxygens (including phenoxy) is 2. The van der Waals surface area contributed by atoms with Crippen molar-refractivity contribution in [2.75, 3.05) is 33.3 Å². The molecule has 4 saturated heterocycles. The molecule has 1 N–H and O–H groups in total. The molecule has 2 bridgehead atoms. The van der Waals surface area contributed by atoms with Crippen LogP contribution in [0, 0.1) is 11.8 Å². The highest BCUT2D eigenvalue weighted by molar-refractivity contribution is 5.80. The van der Waals surface area contributed by atoms with Crippen LogP contribution in [0.2, 0.25) is 0 Å². The first-order valence-electron chi connectivity index (χ1n) is 8.08. The average molecular weight is 279 g/mol. The quantitative estimate of drug-likeness (QED) is 0.601. The van der Waals surface area contributed by atoms with E-state index in [1.165, 1.54) is 25.7 Å². The summed E-state index contributed by atoms with van der Waals surface area (Å²) in [4.78, 5) is 6.89. The predicted octanol–water partition coefficient (Wildman–Crippen LogP) is 0.850. The molecule has 4 rings (SSSR count). The lowest BCUT2D eigenvalue weighted by molar-refractivity contribution is 0.0764. The molecule has 0 saturated carbocycles. The van der Waals surface area contributed by atoms with Crippen LogP contribution >= 0.6 is 0 Å². The van der Waals surface area contributed by atoms with Gasteiger partial charge in [0.25, 0.3) is 0 Å². The highest BCUT2D eigenvalue weighted by Gasteiger charge is 2.53. The number of nitrogens with zero attached hydrogens (tertiary/aromatic N) is 2. The summed E-state index contributed by atoms with van der Waals surface area (Å²) < 4.78 is 11.7. The van der Waals surface area contributed by atoms with Gasteiger partial charge in [0.1, 0.15) is 0 Å². The van der Waals surface area contributed by atoms with Gasteiger partial charge in [-0.15, -0.1) is 0 Å². The smallest absolute Gasteiger partial charge is 0.193 e. The van der Waals surface area contributed by atoms with Crippen molar-refractivity contribution in [1.82, 2.24) is 10.2 Å². The average Bonchev–Trinajstić information content (AvgIpc) is 3.22. The van der Waals surface area contributed by atoms with E-state index in [9.17, 15) is 0 Å². The van der Waals surface area contributed by atoms with Crippen molar-refractivity contribution in [3.05, 3.63) is 0 Å². The molecule has 0 aromatic carbocycles. The molecule has 5 nitrogen and oxygen atoms in total. The molecule has 5 atom stereocenters. The van der Waals surface area contributed by atoms with Crippen LogP contribution in [0.3, 0.4) is 0 Å². The number of fused-ring (bicyclic) bond motifs is 5. The van der Waals surface area contributed by atoms with Crippen molar-refractivity contribution in [3.8, 4) is 0 Å². The van der Waals surface area contributed by atoms with Gasteiger partial charge >= 0.3 is 0 Å². The first kappa shape index (κ1) is 12.9. The summed E-state index contributed by atoms with van der Waals surface area (Å²) in [6, 6.07) is 0. The molecule has 4 aliphatic heterocycles. The number of guanidine groups is 1.